The van der Waals surface area contributed by atoms with Crippen molar-refractivity contribution in [1.29, 1.82) is 0 Å². The van der Waals surface area contributed by atoms with Gasteiger partial charge in [-0.05, 0) is 36.9 Å². The highest BCUT2D eigenvalue weighted by Gasteiger charge is 2.33. The molecule has 1 fully saturated rings. The minimum Gasteiger partial charge on any atom is -0.297 e. The molecule has 0 amide bonds. The average Bonchev–Trinajstić information content (AvgIpc) is 2.57. The second kappa shape index (κ2) is 6.39. The number of benzene rings is 2. The van der Waals surface area contributed by atoms with Gasteiger partial charge in [-0.15, -0.1) is 0 Å². The highest BCUT2D eigenvalue weighted by molar-refractivity contribution is 7.89. The minimum absolute atomic E-state index is 0.0807. The van der Waals surface area contributed by atoms with E-state index in [4.69, 9.17) is 0 Å². The highest BCUT2D eigenvalue weighted by atomic mass is 32.2. The molecule has 0 aliphatic carbocycles. The number of sulfonamides is 1. The van der Waals surface area contributed by atoms with E-state index in [1.165, 1.54) is 16.4 Å². The van der Waals surface area contributed by atoms with Crippen molar-refractivity contribution in [1.82, 2.24) is 9.21 Å². The first-order valence-corrected chi connectivity index (χ1v) is 8.93. The molecule has 2 aromatic rings. The van der Waals surface area contributed by atoms with Crippen LogP contribution in [0.15, 0.2) is 59.5 Å². The molecule has 0 aromatic heterocycles. The van der Waals surface area contributed by atoms with Crippen LogP contribution in [0.25, 0.3) is 0 Å². The van der Waals surface area contributed by atoms with Gasteiger partial charge in [0, 0.05) is 25.7 Å². The monoisotopic (exact) mass is 334 g/mol. The van der Waals surface area contributed by atoms with Gasteiger partial charge in [-0.1, -0.05) is 30.3 Å². The van der Waals surface area contributed by atoms with Gasteiger partial charge in [0.1, 0.15) is 5.82 Å². The maximum absolute atomic E-state index is 13.1. The molecule has 122 valence electrons. The first kappa shape index (κ1) is 16.1. The molecule has 1 aliphatic rings. The molecule has 0 bridgehead atoms. The van der Waals surface area contributed by atoms with Crippen LogP contribution in [0.4, 0.5) is 4.39 Å². The van der Waals surface area contributed by atoms with Crippen molar-refractivity contribution in [3.63, 3.8) is 0 Å². The lowest BCUT2D eigenvalue weighted by atomic mass is 10.0. The Balaban J connectivity index is 1.87. The topological polar surface area (TPSA) is 40.6 Å². The smallest absolute Gasteiger partial charge is 0.243 e. The summed E-state index contributed by atoms with van der Waals surface area (Å²) in [6.07, 6.45) is 0. The lowest BCUT2D eigenvalue weighted by Crippen LogP contribution is -2.48. The molecule has 1 heterocycles. The summed E-state index contributed by atoms with van der Waals surface area (Å²) >= 11 is 0. The molecule has 1 saturated heterocycles. The number of halogens is 1. The molecule has 0 spiro atoms. The molecule has 2 aromatic carbocycles. The van der Waals surface area contributed by atoms with Crippen molar-refractivity contribution < 1.29 is 12.8 Å². The number of rotatable bonds is 3. The van der Waals surface area contributed by atoms with Crippen molar-refractivity contribution in [3.05, 3.63) is 66.0 Å². The van der Waals surface area contributed by atoms with Gasteiger partial charge in [0.05, 0.1) is 4.90 Å². The quantitative estimate of drug-likeness (QED) is 0.866. The molecular formula is C17H19FN2O2S. The van der Waals surface area contributed by atoms with Crippen LogP contribution in [0, 0.1) is 5.82 Å². The van der Waals surface area contributed by atoms with Gasteiger partial charge in [-0.25, -0.2) is 12.8 Å². The Bertz CT molecular complexity index is 763. The molecule has 1 atom stereocenters. The molecule has 0 saturated carbocycles. The van der Waals surface area contributed by atoms with E-state index in [1.807, 2.05) is 7.05 Å². The van der Waals surface area contributed by atoms with Gasteiger partial charge < -0.3 is 0 Å². The van der Waals surface area contributed by atoms with Crippen LogP contribution in [0.2, 0.25) is 0 Å². The van der Waals surface area contributed by atoms with E-state index in [1.54, 1.807) is 42.5 Å². The van der Waals surface area contributed by atoms with E-state index < -0.39 is 10.0 Å². The first-order chi connectivity index (χ1) is 11.0. The predicted octanol–water partition coefficient (Wildman–Crippen LogP) is 2.50. The third-order valence-corrected chi connectivity index (χ3v) is 6.13. The zero-order valence-electron chi connectivity index (χ0n) is 12.9. The number of piperazine rings is 1. The highest BCUT2D eigenvalue weighted by Crippen LogP contribution is 2.27. The number of nitrogens with zero attached hydrogens (tertiary/aromatic N) is 2. The summed E-state index contributed by atoms with van der Waals surface area (Å²) in [5, 5.41) is 0. The summed E-state index contributed by atoms with van der Waals surface area (Å²) in [5.41, 5.74) is 0.918. The van der Waals surface area contributed by atoms with E-state index >= 15 is 0 Å². The zero-order chi connectivity index (χ0) is 16.4. The molecule has 23 heavy (non-hydrogen) atoms. The van der Waals surface area contributed by atoms with Gasteiger partial charge in [0.15, 0.2) is 0 Å². The Morgan fingerprint density at radius 3 is 2.30 bits per heavy atom. The first-order valence-electron chi connectivity index (χ1n) is 7.49. The van der Waals surface area contributed by atoms with Crippen molar-refractivity contribution in [2.45, 2.75) is 10.9 Å². The van der Waals surface area contributed by atoms with Crippen LogP contribution in [0.1, 0.15) is 11.6 Å². The van der Waals surface area contributed by atoms with E-state index in [-0.39, 0.29) is 11.9 Å². The van der Waals surface area contributed by atoms with Gasteiger partial charge in [-0.3, -0.25) is 4.90 Å². The van der Waals surface area contributed by atoms with Crippen LogP contribution in [0.3, 0.4) is 0 Å². The molecule has 1 aliphatic heterocycles. The molecule has 0 unspecified atom stereocenters. The fraction of sp³-hybridized carbons (Fsp3) is 0.294. The summed E-state index contributed by atoms with van der Waals surface area (Å²) < 4.78 is 40.2. The van der Waals surface area contributed by atoms with Crippen molar-refractivity contribution in [2.24, 2.45) is 0 Å². The van der Waals surface area contributed by atoms with E-state index in [2.05, 4.69) is 4.90 Å². The largest absolute Gasteiger partial charge is 0.297 e. The Morgan fingerprint density at radius 2 is 1.65 bits per heavy atom. The minimum atomic E-state index is -3.50. The van der Waals surface area contributed by atoms with Gasteiger partial charge in [0.2, 0.25) is 10.0 Å². The Hall–Kier alpha value is -1.76. The van der Waals surface area contributed by atoms with E-state index in [0.29, 0.717) is 24.5 Å². The van der Waals surface area contributed by atoms with Gasteiger partial charge in [-0.2, -0.15) is 4.31 Å². The lowest BCUT2D eigenvalue weighted by Gasteiger charge is -2.39. The number of hydrogen-bond acceptors (Lipinski definition) is 3. The predicted molar refractivity (Wildman–Crippen MR) is 87.0 cm³/mol. The van der Waals surface area contributed by atoms with Crippen LogP contribution >= 0.6 is 0 Å². The molecule has 0 radical (unpaired) electrons. The maximum atomic E-state index is 13.1. The van der Waals surface area contributed by atoms with Crippen molar-refractivity contribution >= 4 is 10.0 Å². The second-order valence-corrected chi connectivity index (χ2v) is 7.66. The van der Waals surface area contributed by atoms with Gasteiger partial charge in [0.25, 0.3) is 0 Å². The van der Waals surface area contributed by atoms with Crippen LogP contribution in [-0.2, 0) is 10.0 Å². The summed E-state index contributed by atoms with van der Waals surface area (Å²) in [6, 6.07) is 14.6. The molecule has 0 N–H and O–H groups in total. The molecule has 4 nitrogen and oxygen atoms in total. The molecular weight excluding hydrogens is 315 g/mol. The summed E-state index contributed by atoms with van der Waals surface area (Å²) in [7, 11) is -1.54. The second-order valence-electron chi connectivity index (χ2n) is 5.72. The summed E-state index contributed by atoms with van der Waals surface area (Å²) in [6.45, 7) is 1.44. The fourth-order valence-corrected chi connectivity index (χ4v) is 4.31. The van der Waals surface area contributed by atoms with Crippen LogP contribution in [-0.4, -0.2) is 44.3 Å². The van der Waals surface area contributed by atoms with Crippen molar-refractivity contribution in [2.75, 3.05) is 26.7 Å². The lowest BCUT2D eigenvalue weighted by molar-refractivity contribution is 0.148. The van der Waals surface area contributed by atoms with E-state index in [9.17, 15) is 12.8 Å². The third kappa shape index (κ3) is 3.29. The average molecular weight is 334 g/mol. The summed E-state index contributed by atoms with van der Waals surface area (Å²) in [5.74, 6) is -0.291. The van der Waals surface area contributed by atoms with Crippen molar-refractivity contribution in [3.8, 4) is 0 Å². The van der Waals surface area contributed by atoms with Crippen LogP contribution < -0.4 is 0 Å². The third-order valence-electron chi connectivity index (χ3n) is 4.25. The van der Waals surface area contributed by atoms with Gasteiger partial charge >= 0.3 is 0 Å². The number of likely N-dealkylation sites (N-methyl/N-ethyl adjacent to an activating group) is 1. The Kier molecular flexibility index (Phi) is 4.48. The fourth-order valence-electron chi connectivity index (χ4n) is 2.85. The maximum Gasteiger partial charge on any atom is 0.243 e. The number of hydrogen-bond donors (Lipinski definition) is 0. The SMILES string of the molecule is CN1CCN(S(=O)(=O)c2ccccc2)C[C@@H]1c1ccc(F)cc1. The van der Waals surface area contributed by atoms with Crippen LogP contribution in [0.5, 0.6) is 0 Å². The Labute approximate surface area is 136 Å². The molecule has 6 heteroatoms. The standard InChI is InChI=1S/C17H19FN2O2S/c1-19-11-12-20(23(21,22)16-5-3-2-4-6-16)13-17(19)14-7-9-15(18)10-8-14/h2-10,17H,11-13H2,1H3/t17-/m1/s1. The molecule has 3 rings (SSSR count). The Morgan fingerprint density at radius 1 is 1.00 bits per heavy atom. The zero-order valence-corrected chi connectivity index (χ0v) is 13.7. The normalized spacial score (nSPS) is 20.5. The van der Waals surface area contributed by atoms with E-state index in [0.717, 1.165) is 5.56 Å². The summed E-state index contributed by atoms with van der Waals surface area (Å²) in [4.78, 5) is 2.41.